The Balaban J connectivity index is 1.37. The van der Waals surface area contributed by atoms with Crippen LogP contribution in [-0.2, 0) is 24.2 Å². The Morgan fingerprint density at radius 1 is 1.36 bits per heavy atom. The van der Waals surface area contributed by atoms with Crippen LogP contribution in [-0.4, -0.2) is 27.9 Å². The van der Waals surface area contributed by atoms with Crippen molar-refractivity contribution in [3.63, 3.8) is 0 Å². The van der Waals surface area contributed by atoms with Crippen molar-refractivity contribution in [2.24, 2.45) is 5.92 Å². The highest BCUT2D eigenvalue weighted by Crippen LogP contribution is 2.32. The summed E-state index contributed by atoms with van der Waals surface area (Å²) in [5.74, 6) is 0.851. The summed E-state index contributed by atoms with van der Waals surface area (Å²) in [6.07, 6.45) is 9.69. The lowest BCUT2D eigenvalue weighted by Gasteiger charge is -2.22. The van der Waals surface area contributed by atoms with E-state index in [1.807, 2.05) is 12.3 Å². The molecule has 1 fully saturated rings. The molecule has 0 saturated heterocycles. The molecule has 1 saturated carbocycles. The second kappa shape index (κ2) is 6.18. The minimum atomic E-state index is 0.0703. The number of hydrogen-bond donors (Lipinski definition) is 1. The maximum absolute atomic E-state index is 5.92. The number of rotatable bonds is 6. The van der Waals surface area contributed by atoms with Crippen LogP contribution in [0.2, 0.25) is 0 Å². The zero-order chi connectivity index (χ0) is 14.8. The third-order valence-corrected chi connectivity index (χ3v) is 4.39. The summed E-state index contributed by atoms with van der Waals surface area (Å²) in [5, 5.41) is 8.24. The van der Waals surface area contributed by atoms with Crippen LogP contribution in [0.25, 0.3) is 0 Å². The van der Waals surface area contributed by atoms with Crippen molar-refractivity contribution < 1.29 is 4.74 Å². The molecular weight excluding hydrogens is 276 g/mol. The number of ether oxygens (including phenoxy) is 1. The molecule has 0 spiro atoms. The van der Waals surface area contributed by atoms with Crippen LogP contribution >= 0.6 is 0 Å². The van der Waals surface area contributed by atoms with E-state index in [0.29, 0.717) is 0 Å². The van der Waals surface area contributed by atoms with Gasteiger partial charge in [0.05, 0.1) is 12.3 Å². The average Bonchev–Trinajstić information content (AvgIpc) is 3.25. The highest BCUT2D eigenvalue weighted by Gasteiger charge is 2.27. The first kappa shape index (κ1) is 13.9. The highest BCUT2D eigenvalue weighted by molar-refractivity contribution is 5.22. The van der Waals surface area contributed by atoms with Crippen molar-refractivity contribution in [2.45, 2.75) is 38.5 Å². The van der Waals surface area contributed by atoms with Crippen molar-refractivity contribution in [3.05, 3.63) is 47.5 Å². The molecule has 2 aliphatic rings. The van der Waals surface area contributed by atoms with E-state index >= 15 is 0 Å². The number of nitrogens with one attached hydrogen (secondary N) is 1. The summed E-state index contributed by atoms with van der Waals surface area (Å²) in [7, 11) is 0. The Labute approximate surface area is 130 Å². The average molecular weight is 298 g/mol. The fourth-order valence-corrected chi connectivity index (χ4v) is 3.00. The fourth-order valence-electron chi connectivity index (χ4n) is 3.00. The van der Waals surface area contributed by atoms with E-state index in [2.05, 4.69) is 27.2 Å². The lowest BCUT2D eigenvalue weighted by Crippen LogP contribution is -2.27. The fraction of sp³-hybridized carbons (Fsp3) is 0.529. The van der Waals surface area contributed by atoms with Gasteiger partial charge in [-0.05, 0) is 42.4 Å². The molecule has 1 unspecified atom stereocenters. The van der Waals surface area contributed by atoms with Crippen LogP contribution < -0.4 is 5.32 Å². The van der Waals surface area contributed by atoms with Gasteiger partial charge < -0.3 is 10.1 Å². The quantitative estimate of drug-likeness (QED) is 0.887. The summed E-state index contributed by atoms with van der Waals surface area (Å²) >= 11 is 0. The van der Waals surface area contributed by atoms with Crippen molar-refractivity contribution in [3.8, 4) is 0 Å². The van der Waals surface area contributed by atoms with Gasteiger partial charge in [0.1, 0.15) is 6.10 Å². The normalized spacial score (nSPS) is 20.8. The summed E-state index contributed by atoms with van der Waals surface area (Å²) in [4.78, 5) is 4.14. The molecular formula is C17H22N4O. The van der Waals surface area contributed by atoms with E-state index < -0.39 is 0 Å². The van der Waals surface area contributed by atoms with Crippen molar-refractivity contribution in [2.75, 3.05) is 13.2 Å². The number of aromatic nitrogens is 3. The molecule has 0 aromatic carbocycles. The number of pyridine rings is 1. The van der Waals surface area contributed by atoms with Gasteiger partial charge in [-0.1, -0.05) is 6.07 Å². The molecule has 1 aliphatic carbocycles. The zero-order valence-corrected chi connectivity index (χ0v) is 12.7. The van der Waals surface area contributed by atoms with Gasteiger partial charge in [-0.15, -0.1) is 0 Å². The minimum Gasteiger partial charge on any atom is -0.370 e. The van der Waals surface area contributed by atoms with E-state index in [0.717, 1.165) is 44.3 Å². The first-order chi connectivity index (χ1) is 10.9. The molecule has 2 aromatic heterocycles. The molecule has 22 heavy (non-hydrogen) atoms. The van der Waals surface area contributed by atoms with Crippen molar-refractivity contribution >= 4 is 0 Å². The van der Waals surface area contributed by atoms with Gasteiger partial charge in [-0.25, -0.2) is 0 Å². The third-order valence-electron chi connectivity index (χ3n) is 4.39. The molecule has 0 radical (unpaired) electrons. The summed E-state index contributed by atoms with van der Waals surface area (Å²) in [6.45, 7) is 3.47. The second-order valence-corrected chi connectivity index (χ2v) is 6.31. The van der Waals surface area contributed by atoms with Crippen LogP contribution in [0.4, 0.5) is 0 Å². The predicted octanol–water partition coefficient (Wildman–Crippen LogP) is 2.09. The molecule has 5 heteroatoms. The van der Waals surface area contributed by atoms with Crippen LogP contribution in [0.5, 0.6) is 0 Å². The van der Waals surface area contributed by atoms with Gasteiger partial charge in [0, 0.05) is 38.2 Å². The van der Waals surface area contributed by atoms with Gasteiger partial charge in [0.2, 0.25) is 0 Å². The highest BCUT2D eigenvalue weighted by atomic mass is 16.5. The zero-order valence-electron chi connectivity index (χ0n) is 12.7. The number of hydrogen-bond acceptors (Lipinski definition) is 4. The monoisotopic (exact) mass is 298 g/mol. The Morgan fingerprint density at radius 3 is 3.14 bits per heavy atom. The largest absolute Gasteiger partial charge is 0.370 e. The van der Waals surface area contributed by atoms with E-state index in [-0.39, 0.29) is 6.10 Å². The first-order valence-corrected chi connectivity index (χ1v) is 8.16. The molecule has 3 heterocycles. The standard InChI is InChI=1S/C17H22N4O/c1-2-14(8-18-6-1)9-19-10-16-17-15(5-7-22-16)12-21(20-17)11-13-3-4-13/h1-2,6,8,12-13,16,19H,3-5,7,9-11H2. The summed E-state index contributed by atoms with van der Waals surface area (Å²) in [5.41, 5.74) is 3.68. The molecule has 0 amide bonds. The SMILES string of the molecule is c1cncc(CNCC2OCCc3cn(CC4CC4)nc32)c1. The first-order valence-electron chi connectivity index (χ1n) is 8.16. The molecule has 1 atom stereocenters. The van der Waals surface area contributed by atoms with Gasteiger partial charge >= 0.3 is 0 Å². The maximum atomic E-state index is 5.92. The van der Waals surface area contributed by atoms with E-state index in [1.54, 1.807) is 6.20 Å². The summed E-state index contributed by atoms with van der Waals surface area (Å²) < 4.78 is 8.05. The molecule has 1 aliphatic heterocycles. The van der Waals surface area contributed by atoms with E-state index in [1.165, 1.54) is 24.0 Å². The van der Waals surface area contributed by atoms with Crippen LogP contribution in [0.3, 0.4) is 0 Å². The van der Waals surface area contributed by atoms with Crippen LogP contribution in [0, 0.1) is 5.92 Å². The Hall–Kier alpha value is -1.72. The summed E-state index contributed by atoms with van der Waals surface area (Å²) in [6, 6.07) is 4.04. The maximum Gasteiger partial charge on any atom is 0.114 e. The molecule has 0 bridgehead atoms. The van der Waals surface area contributed by atoms with Gasteiger partial charge in [-0.3, -0.25) is 9.67 Å². The molecule has 1 N–H and O–H groups in total. The molecule has 4 rings (SSSR count). The Kier molecular flexibility index (Phi) is 3.91. The van der Waals surface area contributed by atoms with Crippen LogP contribution in [0.1, 0.15) is 35.8 Å². The Morgan fingerprint density at radius 2 is 2.32 bits per heavy atom. The molecule has 5 nitrogen and oxygen atoms in total. The molecule has 116 valence electrons. The van der Waals surface area contributed by atoms with Crippen LogP contribution in [0.15, 0.2) is 30.7 Å². The number of fused-ring (bicyclic) bond motifs is 1. The van der Waals surface area contributed by atoms with Crippen molar-refractivity contribution in [1.29, 1.82) is 0 Å². The van der Waals surface area contributed by atoms with Gasteiger partial charge in [0.25, 0.3) is 0 Å². The smallest absolute Gasteiger partial charge is 0.114 e. The predicted molar refractivity (Wildman–Crippen MR) is 83.3 cm³/mol. The van der Waals surface area contributed by atoms with E-state index in [9.17, 15) is 0 Å². The van der Waals surface area contributed by atoms with Gasteiger partial charge in [0.15, 0.2) is 0 Å². The number of nitrogens with zero attached hydrogens (tertiary/aromatic N) is 3. The second-order valence-electron chi connectivity index (χ2n) is 6.31. The molecule has 2 aromatic rings. The lowest BCUT2D eigenvalue weighted by molar-refractivity contribution is 0.0392. The lowest BCUT2D eigenvalue weighted by atomic mass is 10.1. The Bertz CT molecular complexity index is 621. The van der Waals surface area contributed by atoms with E-state index in [4.69, 9.17) is 9.84 Å². The topological polar surface area (TPSA) is 52.0 Å². The third kappa shape index (κ3) is 3.20. The van der Waals surface area contributed by atoms with Gasteiger partial charge in [-0.2, -0.15) is 5.10 Å². The minimum absolute atomic E-state index is 0.0703. The van der Waals surface area contributed by atoms with Crippen molar-refractivity contribution in [1.82, 2.24) is 20.1 Å².